The molecule has 1 aromatic carbocycles. The maximum atomic E-state index is 12.5. The molecule has 0 aliphatic heterocycles. The molecule has 2 aromatic rings. The van der Waals surface area contributed by atoms with Gasteiger partial charge in [-0.3, -0.25) is 9.89 Å². The van der Waals surface area contributed by atoms with E-state index < -0.39 is 18.0 Å². The lowest BCUT2D eigenvalue weighted by Gasteiger charge is -2.20. The summed E-state index contributed by atoms with van der Waals surface area (Å²) in [6.45, 7) is 3.64. The Balaban J connectivity index is 2.10. The Kier molecular flexibility index (Phi) is 6.24. The highest BCUT2D eigenvalue weighted by Crippen LogP contribution is 2.25. The Morgan fingerprint density at radius 3 is 2.72 bits per heavy atom. The summed E-state index contributed by atoms with van der Waals surface area (Å²) in [5, 5.41) is 15.6. The number of anilines is 3. The maximum Gasteiger partial charge on any atom is 0.407 e. The number of halogens is 1. The third-order valence-electron chi connectivity index (χ3n) is 3.40. The van der Waals surface area contributed by atoms with Crippen molar-refractivity contribution in [2.24, 2.45) is 5.92 Å². The first kappa shape index (κ1) is 18.6. The lowest BCUT2D eigenvalue weighted by molar-refractivity contribution is -0.119. The van der Waals surface area contributed by atoms with Crippen LogP contribution in [0, 0.1) is 5.92 Å². The first-order valence-electron chi connectivity index (χ1n) is 7.62. The minimum Gasteiger partial charge on any atom is -0.453 e. The molecule has 2 amide bonds. The molecule has 9 heteroatoms. The molecular formula is C16H20ClN5O3. The summed E-state index contributed by atoms with van der Waals surface area (Å²) < 4.78 is 4.56. The molecule has 1 atom stereocenters. The zero-order valence-electron chi connectivity index (χ0n) is 14.1. The predicted octanol–water partition coefficient (Wildman–Crippen LogP) is 3.13. The molecule has 1 aromatic heterocycles. The van der Waals surface area contributed by atoms with Gasteiger partial charge in [0, 0.05) is 10.7 Å². The second-order valence-corrected chi connectivity index (χ2v) is 6.08. The van der Waals surface area contributed by atoms with Gasteiger partial charge in [-0.05, 0) is 24.1 Å². The minimum atomic E-state index is -0.755. The number of amides is 2. The van der Waals surface area contributed by atoms with E-state index >= 15 is 0 Å². The van der Waals surface area contributed by atoms with Gasteiger partial charge in [-0.1, -0.05) is 31.5 Å². The molecule has 8 nitrogen and oxygen atoms in total. The van der Waals surface area contributed by atoms with Gasteiger partial charge in [0.2, 0.25) is 5.91 Å². The summed E-state index contributed by atoms with van der Waals surface area (Å²) in [7, 11) is 1.24. The number of hydrogen-bond donors (Lipinski definition) is 4. The van der Waals surface area contributed by atoms with E-state index in [1.807, 2.05) is 19.9 Å². The fraction of sp³-hybridized carbons (Fsp3) is 0.312. The molecule has 134 valence electrons. The molecule has 25 heavy (non-hydrogen) atoms. The van der Waals surface area contributed by atoms with E-state index in [9.17, 15) is 9.59 Å². The van der Waals surface area contributed by atoms with Gasteiger partial charge in [0.1, 0.15) is 11.7 Å². The van der Waals surface area contributed by atoms with E-state index in [-0.39, 0.29) is 5.92 Å². The lowest BCUT2D eigenvalue weighted by atomic mass is 10.0. The highest BCUT2D eigenvalue weighted by atomic mass is 35.5. The van der Waals surface area contributed by atoms with E-state index in [0.717, 1.165) is 5.69 Å². The quantitative estimate of drug-likeness (QED) is 0.629. The average Bonchev–Trinajstić information content (AvgIpc) is 2.98. The number of aromatic nitrogens is 2. The molecule has 0 radical (unpaired) electrons. The number of nitrogens with one attached hydrogen (secondary N) is 4. The van der Waals surface area contributed by atoms with E-state index in [2.05, 4.69) is 30.9 Å². The molecule has 0 bridgehead atoms. The number of nitrogens with zero attached hydrogens (tertiary/aromatic N) is 1. The van der Waals surface area contributed by atoms with E-state index in [0.29, 0.717) is 16.5 Å². The summed E-state index contributed by atoms with van der Waals surface area (Å²) in [5.74, 6) is -0.146. The van der Waals surface area contributed by atoms with Gasteiger partial charge < -0.3 is 20.7 Å². The van der Waals surface area contributed by atoms with Gasteiger partial charge in [0.25, 0.3) is 0 Å². The zero-order valence-corrected chi connectivity index (χ0v) is 14.8. The van der Waals surface area contributed by atoms with Crippen LogP contribution >= 0.6 is 11.6 Å². The highest BCUT2D eigenvalue weighted by molar-refractivity contribution is 6.30. The fourth-order valence-corrected chi connectivity index (χ4v) is 2.31. The maximum absolute atomic E-state index is 12.5. The first-order chi connectivity index (χ1) is 11.9. The van der Waals surface area contributed by atoms with Crippen LogP contribution in [0.3, 0.4) is 0 Å². The van der Waals surface area contributed by atoms with Crippen LogP contribution in [0.5, 0.6) is 0 Å². The van der Waals surface area contributed by atoms with Crippen molar-refractivity contribution in [3.05, 3.63) is 35.5 Å². The topological polar surface area (TPSA) is 108 Å². The normalized spacial score (nSPS) is 11.7. The summed E-state index contributed by atoms with van der Waals surface area (Å²) in [4.78, 5) is 23.9. The van der Waals surface area contributed by atoms with Crippen LogP contribution in [0.4, 0.5) is 22.0 Å². The molecule has 1 heterocycles. The number of aromatic amines is 1. The van der Waals surface area contributed by atoms with Crippen molar-refractivity contribution in [2.45, 2.75) is 19.9 Å². The molecule has 0 fully saturated rings. The lowest BCUT2D eigenvalue weighted by Crippen LogP contribution is -2.47. The molecule has 0 saturated carbocycles. The Hall–Kier alpha value is -2.74. The molecule has 0 unspecified atom stereocenters. The summed E-state index contributed by atoms with van der Waals surface area (Å²) in [6, 6.07) is 6.39. The number of carbonyl (C=O) groups excluding carboxylic acids is 2. The van der Waals surface area contributed by atoms with Crippen molar-refractivity contribution >= 4 is 40.8 Å². The second kappa shape index (κ2) is 8.39. The Labute approximate surface area is 150 Å². The van der Waals surface area contributed by atoms with Gasteiger partial charge in [-0.25, -0.2) is 4.79 Å². The number of H-pyrrole nitrogens is 1. The molecule has 0 aliphatic carbocycles. The second-order valence-electron chi connectivity index (χ2n) is 5.64. The smallest absolute Gasteiger partial charge is 0.407 e. The number of rotatable bonds is 6. The van der Waals surface area contributed by atoms with Crippen LogP contribution in [-0.4, -0.2) is 35.3 Å². The van der Waals surface area contributed by atoms with Gasteiger partial charge in [-0.2, -0.15) is 5.10 Å². The molecule has 0 aliphatic rings. The van der Waals surface area contributed by atoms with Crippen LogP contribution in [0.25, 0.3) is 0 Å². The SMILES string of the molecule is COC(=O)N[C@H](C(=O)Nc1[nH]ncc1Nc1cccc(Cl)c1)C(C)C. The molecule has 0 spiro atoms. The van der Waals surface area contributed by atoms with Gasteiger partial charge in [-0.15, -0.1) is 0 Å². The predicted molar refractivity (Wildman–Crippen MR) is 96.1 cm³/mol. The monoisotopic (exact) mass is 365 g/mol. The highest BCUT2D eigenvalue weighted by Gasteiger charge is 2.25. The Morgan fingerprint density at radius 1 is 1.32 bits per heavy atom. The van der Waals surface area contributed by atoms with E-state index in [1.54, 1.807) is 18.2 Å². The first-order valence-corrected chi connectivity index (χ1v) is 7.99. The zero-order chi connectivity index (χ0) is 18.4. The molecule has 2 rings (SSSR count). The number of ether oxygens (including phenoxy) is 1. The molecular weight excluding hydrogens is 346 g/mol. The summed E-state index contributed by atoms with van der Waals surface area (Å²) in [6.07, 6.45) is 0.866. The summed E-state index contributed by atoms with van der Waals surface area (Å²) in [5.41, 5.74) is 1.31. The number of alkyl carbamates (subject to hydrolysis) is 1. The third-order valence-corrected chi connectivity index (χ3v) is 3.63. The van der Waals surface area contributed by atoms with Crippen LogP contribution in [0.1, 0.15) is 13.8 Å². The van der Waals surface area contributed by atoms with Crippen LogP contribution in [-0.2, 0) is 9.53 Å². The van der Waals surface area contributed by atoms with Crippen molar-refractivity contribution in [1.82, 2.24) is 15.5 Å². The Bertz CT molecular complexity index is 747. The number of methoxy groups -OCH3 is 1. The van der Waals surface area contributed by atoms with Crippen molar-refractivity contribution in [3.8, 4) is 0 Å². The van der Waals surface area contributed by atoms with E-state index in [1.165, 1.54) is 13.3 Å². The number of benzene rings is 1. The van der Waals surface area contributed by atoms with E-state index in [4.69, 9.17) is 11.6 Å². The van der Waals surface area contributed by atoms with Gasteiger partial charge in [0.05, 0.1) is 13.3 Å². The molecule has 4 N–H and O–H groups in total. The van der Waals surface area contributed by atoms with Crippen molar-refractivity contribution < 1.29 is 14.3 Å². The van der Waals surface area contributed by atoms with Gasteiger partial charge in [0.15, 0.2) is 5.82 Å². The van der Waals surface area contributed by atoms with Crippen LogP contribution in [0.2, 0.25) is 5.02 Å². The third kappa shape index (κ3) is 5.12. The standard InChI is InChI=1S/C16H20ClN5O3/c1-9(2)13(20-16(24)25-3)15(23)21-14-12(8-18-22-14)19-11-6-4-5-10(17)7-11/h4-9,13,19H,1-3H3,(H,20,24)(H2,18,21,22,23)/t13-/m0/s1. The number of carbonyl (C=O) groups is 2. The summed E-state index contributed by atoms with van der Waals surface area (Å²) >= 11 is 5.96. The Morgan fingerprint density at radius 2 is 2.08 bits per heavy atom. The van der Waals surface area contributed by atoms with Gasteiger partial charge >= 0.3 is 6.09 Å². The fourth-order valence-electron chi connectivity index (χ4n) is 2.12. The van der Waals surface area contributed by atoms with Crippen molar-refractivity contribution in [1.29, 1.82) is 0 Å². The van der Waals surface area contributed by atoms with Crippen LogP contribution in [0.15, 0.2) is 30.5 Å². The largest absolute Gasteiger partial charge is 0.453 e. The van der Waals surface area contributed by atoms with Crippen molar-refractivity contribution in [2.75, 3.05) is 17.7 Å². The molecule has 0 saturated heterocycles. The average molecular weight is 366 g/mol. The van der Waals surface area contributed by atoms with Crippen molar-refractivity contribution in [3.63, 3.8) is 0 Å². The minimum absolute atomic E-state index is 0.133. The number of hydrogen-bond acceptors (Lipinski definition) is 5. The van der Waals surface area contributed by atoms with Crippen LogP contribution < -0.4 is 16.0 Å².